The average Bonchev–Trinajstić information content (AvgIpc) is 2.98. The Morgan fingerprint density at radius 3 is 2.63 bits per heavy atom. The van der Waals surface area contributed by atoms with Crippen LogP contribution in [0.25, 0.3) is 11.6 Å². The Hall–Kier alpha value is -2.92. The molecule has 3 nitrogen and oxygen atoms in total. The molecular weight excluding hydrogens is 409 g/mol. The first-order valence-electron chi connectivity index (χ1n) is 8.39. The molecule has 0 bridgehead atoms. The molecule has 0 atom stereocenters. The van der Waals surface area contributed by atoms with E-state index in [9.17, 15) is 9.18 Å². The van der Waals surface area contributed by atoms with Gasteiger partial charge in [-0.25, -0.2) is 4.39 Å². The molecule has 0 spiro atoms. The molecule has 3 aromatic carbocycles. The smallest absolute Gasteiger partial charge is 0.256 e. The number of hydrogen-bond donors (Lipinski definition) is 1. The van der Waals surface area contributed by atoms with E-state index in [4.69, 9.17) is 4.74 Å². The maximum absolute atomic E-state index is 13.1. The number of ether oxygens (including phenoxy) is 1. The predicted octanol–water partition coefficient (Wildman–Crippen LogP) is 5.66. The number of nitrogens with one attached hydrogen (secondary N) is 1. The number of hydrogen-bond acceptors (Lipinski definition) is 2. The van der Waals surface area contributed by atoms with E-state index in [2.05, 4.69) is 21.2 Å². The molecule has 134 valence electrons. The minimum atomic E-state index is -0.279. The molecule has 1 heterocycles. The van der Waals surface area contributed by atoms with Crippen LogP contribution in [0.15, 0.2) is 71.2 Å². The van der Waals surface area contributed by atoms with Gasteiger partial charge in [-0.2, -0.15) is 0 Å². The lowest BCUT2D eigenvalue weighted by Crippen LogP contribution is -2.04. The molecule has 4 rings (SSSR count). The number of para-hydroxylation sites is 1. The molecule has 0 fully saturated rings. The Bertz CT molecular complexity index is 1040. The normalized spacial score (nSPS) is 14.1. The van der Waals surface area contributed by atoms with Gasteiger partial charge in [0.15, 0.2) is 0 Å². The lowest BCUT2D eigenvalue weighted by molar-refractivity contribution is -0.110. The summed E-state index contributed by atoms with van der Waals surface area (Å²) in [6.07, 6.45) is 1.83. The molecule has 0 radical (unpaired) electrons. The summed E-state index contributed by atoms with van der Waals surface area (Å²) in [7, 11) is 0. The van der Waals surface area contributed by atoms with Crippen molar-refractivity contribution in [3.05, 3.63) is 93.7 Å². The quantitative estimate of drug-likeness (QED) is 0.549. The molecule has 1 aliphatic heterocycles. The summed E-state index contributed by atoms with van der Waals surface area (Å²) in [5.74, 6) is 0.228. The number of carbonyl (C=O) groups excluding carboxylic acids is 1. The third-order valence-electron chi connectivity index (χ3n) is 4.29. The van der Waals surface area contributed by atoms with Gasteiger partial charge >= 0.3 is 0 Å². The lowest BCUT2D eigenvalue weighted by Gasteiger charge is -2.11. The molecule has 0 unspecified atom stereocenters. The summed E-state index contributed by atoms with van der Waals surface area (Å²) in [6.45, 7) is 0.306. The second-order valence-electron chi connectivity index (χ2n) is 6.16. The van der Waals surface area contributed by atoms with Crippen molar-refractivity contribution in [2.45, 2.75) is 6.61 Å². The van der Waals surface area contributed by atoms with Crippen LogP contribution in [0.2, 0.25) is 0 Å². The van der Waals surface area contributed by atoms with Crippen molar-refractivity contribution < 1.29 is 13.9 Å². The van der Waals surface area contributed by atoms with Crippen LogP contribution in [0.5, 0.6) is 5.75 Å². The molecule has 27 heavy (non-hydrogen) atoms. The number of fused-ring (bicyclic) bond motifs is 1. The number of carbonyl (C=O) groups is 1. The summed E-state index contributed by atoms with van der Waals surface area (Å²) in [5, 5.41) is 2.87. The van der Waals surface area contributed by atoms with E-state index in [1.54, 1.807) is 12.1 Å². The fourth-order valence-electron chi connectivity index (χ4n) is 2.94. The minimum absolute atomic E-state index is 0.138. The van der Waals surface area contributed by atoms with Crippen LogP contribution in [0.1, 0.15) is 16.7 Å². The standard InChI is InChI=1S/C22H15BrFNO2/c23-16-7-10-21(27-13-14-5-8-17(24)9-6-14)15(11-16)12-19-18-3-1-2-4-20(18)25-22(19)26/h1-12H,13H2,(H,25,26)/b19-12-. The van der Waals surface area contributed by atoms with Crippen LogP contribution < -0.4 is 10.1 Å². The van der Waals surface area contributed by atoms with Crippen molar-refractivity contribution in [2.75, 3.05) is 5.32 Å². The number of benzene rings is 3. The largest absolute Gasteiger partial charge is 0.488 e. The highest BCUT2D eigenvalue weighted by atomic mass is 79.9. The molecule has 0 aliphatic carbocycles. The van der Waals surface area contributed by atoms with E-state index in [1.165, 1.54) is 12.1 Å². The average molecular weight is 424 g/mol. The third kappa shape index (κ3) is 3.78. The van der Waals surface area contributed by atoms with E-state index >= 15 is 0 Å². The maximum Gasteiger partial charge on any atom is 0.256 e. The van der Waals surface area contributed by atoms with Crippen molar-refractivity contribution in [3.63, 3.8) is 0 Å². The molecular formula is C22H15BrFNO2. The fourth-order valence-corrected chi connectivity index (χ4v) is 3.32. The van der Waals surface area contributed by atoms with Gasteiger partial charge in [0.05, 0.1) is 0 Å². The molecule has 1 amide bonds. The van der Waals surface area contributed by atoms with Crippen molar-refractivity contribution in [1.82, 2.24) is 0 Å². The molecule has 0 saturated heterocycles. The highest BCUT2D eigenvalue weighted by Crippen LogP contribution is 2.35. The summed E-state index contributed by atoms with van der Waals surface area (Å²) >= 11 is 3.47. The van der Waals surface area contributed by atoms with Crippen LogP contribution in [0.3, 0.4) is 0 Å². The monoisotopic (exact) mass is 423 g/mol. The van der Waals surface area contributed by atoms with Crippen LogP contribution in [0, 0.1) is 5.82 Å². The Balaban J connectivity index is 1.66. The van der Waals surface area contributed by atoms with Crippen molar-refractivity contribution in [1.29, 1.82) is 0 Å². The first kappa shape index (κ1) is 17.5. The van der Waals surface area contributed by atoms with Gasteiger partial charge in [-0.3, -0.25) is 4.79 Å². The highest BCUT2D eigenvalue weighted by molar-refractivity contribution is 9.10. The van der Waals surface area contributed by atoms with Gasteiger partial charge in [0.2, 0.25) is 0 Å². The van der Waals surface area contributed by atoms with Gasteiger partial charge in [-0.1, -0.05) is 46.3 Å². The molecule has 5 heteroatoms. The Morgan fingerprint density at radius 1 is 1.04 bits per heavy atom. The van der Waals surface area contributed by atoms with E-state index < -0.39 is 0 Å². The van der Waals surface area contributed by atoms with Gasteiger partial charge in [-0.05, 0) is 48.0 Å². The predicted molar refractivity (Wildman–Crippen MR) is 108 cm³/mol. The SMILES string of the molecule is O=C1Nc2ccccc2/C1=C/c1cc(Br)ccc1OCc1ccc(F)cc1. The van der Waals surface area contributed by atoms with Gasteiger partial charge in [0.1, 0.15) is 18.2 Å². The summed E-state index contributed by atoms with van der Waals surface area (Å²) in [6, 6.07) is 19.4. The first-order chi connectivity index (χ1) is 13.1. The molecule has 0 aromatic heterocycles. The minimum Gasteiger partial charge on any atom is -0.488 e. The summed E-state index contributed by atoms with van der Waals surface area (Å²) < 4.78 is 19.9. The lowest BCUT2D eigenvalue weighted by atomic mass is 10.0. The van der Waals surface area contributed by atoms with Gasteiger partial charge < -0.3 is 10.1 Å². The number of anilines is 1. The second kappa shape index (κ2) is 7.37. The second-order valence-corrected chi connectivity index (χ2v) is 7.07. The summed E-state index contributed by atoms with van der Waals surface area (Å²) in [5.41, 5.74) is 3.91. The van der Waals surface area contributed by atoms with E-state index in [1.807, 2.05) is 48.5 Å². The first-order valence-corrected chi connectivity index (χ1v) is 9.19. The summed E-state index contributed by atoms with van der Waals surface area (Å²) in [4.78, 5) is 12.4. The highest BCUT2D eigenvalue weighted by Gasteiger charge is 2.23. The van der Waals surface area contributed by atoms with Crippen molar-refractivity contribution in [2.24, 2.45) is 0 Å². The molecule has 1 N–H and O–H groups in total. The van der Waals surface area contributed by atoms with Gasteiger partial charge in [0, 0.05) is 26.9 Å². The fraction of sp³-hybridized carbons (Fsp3) is 0.0455. The van der Waals surface area contributed by atoms with Crippen molar-refractivity contribution >= 4 is 39.2 Å². The third-order valence-corrected chi connectivity index (χ3v) is 4.78. The van der Waals surface area contributed by atoms with E-state index in [0.29, 0.717) is 17.9 Å². The maximum atomic E-state index is 13.1. The molecule has 1 aliphatic rings. The zero-order chi connectivity index (χ0) is 18.8. The van der Waals surface area contributed by atoms with E-state index in [0.717, 1.165) is 26.9 Å². The van der Waals surface area contributed by atoms with Crippen LogP contribution in [0.4, 0.5) is 10.1 Å². The topological polar surface area (TPSA) is 38.3 Å². The zero-order valence-corrected chi connectivity index (χ0v) is 15.8. The van der Waals surface area contributed by atoms with Crippen LogP contribution >= 0.6 is 15.9 Å². The van der Waals surface area contributed by atoms with Crippen LogP contribution in [-0.4, -0.2) is 5.91 Å². The Labute approximate surface area is 164 Å². The zero-order valence-electron chi connectivity index (χ0n) is 14.2. The Kier molecular flexibility index (Phi) is 4.77. The van der Waals surface area contributed by atoms with Crippen LogP contribution in [-0.2, 0) is 11.4 Å². The van der Waals surface area contributed by atoms with Crippen molar-refractivity contribution in [3.8, 4) is 5.75 Å². The molecule has 0 saturated carbocycles. The molecule has 3 aromatic rings. The number of rotatable bonds is 4. The van der Waals surface area contributed by atoms with Gasteiger partial charge in [-0.15, -0.1) is 0 Å². The van der Waals surface area contributed by atoms with Gasteiger partial charge in [0.25, 0.3) is 5.91 Å². The number of amides is 1. The van der Waals surface area contributed by atoms with E-state index in [-0.39, 0.29) is 11.7 Å². The number of halogens is 2. The Morgan fingerprint density at radius 2 is 1.81 bits per heavy atom.